The molecule has 0 saturated heterocycles. The molecular formula is C18H37NOPS+. The summed E-state index contributed by atoms with van der Waals surface area (Å²) in [6.07, 6.45) is 6.15. The first-order chi connectivity index (χ1) is 9.92. The average Bonchev–Trinajstić information content (AvgIpc) is 2.41. The highest BCUT2D eigenvalue weighted by atomic mass is 32.1. The molecule has 22 heavy (non-hydrogen) atoms. The molecule has 1 amide bonds. The van der Waals surface area contributed by atoms with Gasteiger partial charge in [-0.15, -0.1) is 0 Å². The third-order valence-corrected chi connectivity index (χ3v) is 10.6. The minimum atomic E-state index is -0.878. The fourth-order valence-corrected chi connectivity index (χ4v) is 8.25. The van der Waals surface area contributed by atoms with Crippen molar-refractivity contribution in [2.24, 2.45) is 5.41 Å². The number of hydrogen-bond acceptors (Lipinski definition) is 2. The molecule has 1 unspecified atom stereocenters. The van der Waals surface area contributed by atoms with Crippen LogP contribution in [0.25, 0.3) is 0 Å². The van der Waals surface area contributed by atoms with Crippen LogP contribution in [0, 0.1) is 5.41 Å². The molecule has 0 aliphatic carbocycles. The van der Waals surface area contributed by atoms with Gasteiger partial charge in [0, 0.05) is 24.1 Å². The number of rotatable bonds is 10. The molecule has 0 fully saturated rings. The van der Waals surface area contributed by atoms with Crippen LogP contribution in [0.4, 0.5) is 0 Å². The van der Waals surface area contributed by atoms with E-state index in [0.717, 1.165) is 6.42 Å². The van der Waals surface area contributed by atoms with Crippen LogP contribution in [0.2, 0.25) is 0 Å². The Balaban J connectivity index is 4.79. The van der Waals surface area contributed by atoms with E-state index >= 15 is 0 Å². The Morgan fingerprint density at radius 2 is 1.59 bits per heavy atom. The van der Waals surface area contributed by atoms with Gasteiger partial charge in [-0.2, -0.15) is 12.6 Å². The quantitative estimate of drug-likeness (QED) is 0.330. The largest absolute Gasteiger partial charge is 0.352 e. The first-order valence-electron chi connectivity index (χ1n) is 8.44. The standard InChI is InChI=1S/C18H36NOPS/c1-9-21(10-2,11-3)14-18(8,22)12-17(6,7)13-19-16(20)15(4)5/h4,9-14H2,1-3,5-8H3,(H-,19,20,22)/p+1. The second kappa shape index (κ2) is 8.73. The summed E-state index contributed by atoms with van der Waals surface area (Å²) in [5.41, 5.74) is 0.601. The van der Waals surface area contributed by atoms with E-state index in [9.17, 15) is 4.79 Å². The number of amides is 1. The predicted molar refractivity (Wildman–Crippen MR) is 107 cm³/mol. The van der Waals surface area contributed by atoms with Crippen LogP contribution in [0.5, 0.6) is 0 Å². The minimum absolute atomic E-state index is 0.0211. The van der Waals surface area contributed by atoms with Gasteiger partial charge in [-0.3, -0.25) is 4.79 Å². The molecule has 0 spiro atoms. The maximum atomic E-state index is 11.7. The monoisotopic (exact) mass is 346 g/mol. The molecule has 0 saturated carbocycles. The van der Waals surface area contributed by atoms with Crippen LogP contribution in [-0.4, -0.2) is 41.8 Å². The highest BCUT2D eigenvalue weighted by Gasteiger charge is 2.41. The zero-order chi connectivity index (χ0) is 17.6. The second-order valence-corrected chi connectivity index (χ2v) is 13.7. The van der Waals surface area contributed by atoms with E-state index in [1.807, 2.05) is 0 Å². The Hall–Kier alpha value is -0.0100. The number of hydrogen-bond donors (Lipinski definition) is 2. The van der Waals surface area contributed by atoms with E-state index in [2.05, 4.69) is 53.4 Å². The van der Waals surface area contributed by atoms with Crippen molar-refractivity contribution in [2.75, 3.05) is 31.2 Å². The first-order valence-corrected chi connectivity index (χ1v) is 11.4. The van der Waals surface area contributed by atoms with Gasteiger partial charge in [-0.05, 0) is 46.5 Å². The summed E-state index contributed by atoms with van der Waals surface area (Å²) < 4.78 is 0.0211. The molecule has 0 rings (SSSR count). The molecule has 0 aliphatic rings. The van der Waals surface area contributed by atoms with Crippen molar-refractivity contribution in [1.82, 2.24) is 5.32 Å². The van der Waals surface area contributed by atoms with Crippen molar-refractivity contribution < 1.29 is 4.79 Å². The average molecular weight is 347 g/mol. The highest BCUT2D eigenvalue weighted by Crippen LogP contribution is 2.61. The van der Waals surface area contributed by atoms with E-state index in [0.29, 0.717) is 12.1 Å². The van der Waals surface area contributed by atoms with Gasteiger partial charge in [0.1, 0.15) is 0 Å². The maximum absolute atomic E-state index is 11.7. The summed E-state index contributed by atoms with van der Waals surface area (Å²) in [7, 11) is -0.878. The van der Waals surface area contributed by atoms with Crippen molar-refractivity contribution in [3.05, 3.63) is 12.2 Å². The maximum Gasteiger partial charge on any atom is 0.246 e. The van der Waals surface area contributed by atoms with Crippen molar-refractivity contribution in [2.45, 2.75) is 59.6 Å². The van der Waals surface area contributed by atoms with Crippen LogP contribution in [0.3, 0.4) is 0 Å². The Labute approximate surface area is 144 Å². The number of nitrogens with one attached hydrogen (secondary N) is 1. The fourth-order valence-electron chi connectivity index (χ4n) is 3.35. The second-order valence-electron chi connectivity index (χ2n) is 7.75. The van der Waals surface area contributed by atoms with Crippen LogP contribution in [0.1, 0.15) is 54.9 Å². The lowest BCUT2D eigenvalue weighted by Crippen LogP contribution is -2.40. The third kappa shape index (κ3) is 7.51. The van der Waals surface area contributed by atoms with Gasteiger partial charge in [0.15, 0.2) is 0 Å². The Kier molecular flexibility index (Phi) is 8.73. The van der Waals surface area contributed by atoms with Gasteiger partial charge in [0.2, 0.25) is 5.91 Å². The summed E-state index contributed by atoms with van der Waals surface area (Å²) in [6, 6.07) is 0. The smallest absolute Gasteiger partial charge is 0.246 e. The normalized spacial score (nSPS) is 15.3. The van der Waals surface area contributed by atoms with Gasteiger partial charge in [0.05, 0.1) is 24.6 Å². The lowest BCUT2D eigenvalue weighted by Gasteiger charge is -2.38. The fraction of sp³-hybridized carbons (Fsp3) is 0.833. The number of thiol groups is 1. The van der Waals surface area contributed by atoms with Crippen molar-refractivity contribution in [3.63, 3.8) is 0 Å². The zero-order valence-electron chi connectivity index (χ0n) is 15.8. The van der Waals surface area contributed by atoms with Crippen molar-refractivity contribution in [1.29, 1.82) is 0 Å². The predicted octanol–water partition coefficient (Wildman–Crippen LogP) is 4.86. The van der Waals surface area contributed by atoms with E-state index in [1.54, 1.807) is 6.92 Å². The molecule has 2 nitrogen and oxygen atoms in total. The van der Waals surface area contributed by atoms with E-state index in [1.165, 1.54) is 24.6 Å². The Morgan fingerprint density at radius 1 is 1.14 bits per heavy atom. The molecule has 1 N–H and O–H groups in total. The molecule has 0 aromatic carbocycles. The molecule has 4 heteroatoms. The van der Waals surface area contributed by atoms with E-state index in [-0.39, 0.29) is 16.1 Å². The molecule has 0 aromatic rings. The van der Waals surface area contributed by atoms with Crippen LogP contribution < -0.4 is 5.32 Å². The molecular weight excluding hydrogens is 309 g/mol. The summed E-state index contributed by atoms with van der Waals surface area (Å²) in [5, 5.41) is 2.99. The van der Waals surface area contributed by atoms with Crippen molar-refractivity contribution >= 4 is 25.8 Å². The molecule has 0 aromatic heterocycles. The topological polar surface area (TPSA) is 29.1 Å². The Morgan fingerprint density at radius 3 is 1.95 bits per heavy atom. The molecule has 130 valence electrons. The van der Waals surface area contributed by atoms with Gasteiger partial charge in [-0.1, -0.05) is 20.4 Å². The van der Waals surface area contributed by atoms with Crippen LogP contribution in [0.15, 0.2) is 12.2 Å². The van der Waals surface area contributed by atoms with Gasteiger partial charge < -0.3 is 5.32 Å². The van der Waals surface area contributed by atoms with Gasteiger partial charge >= 0.3 is 0 Å². The van der Waals surface area contributed by atoms with Crippen molar-refractivity contribution in [3.8, 4) is 0 Å². The zero-order valence-corrected chi connectivity index (χ0v) is 17.5. The summed E-state index contributed by atoms with van der Waals surface area (Å²) in [6.45, 7) is 19.8. The lowest BCUT2D eigenvalue weighted by molar-refractivity contribution is -0.117. The molecule has 0 bridgehead atoms. The van der Waals surface area contributed by atoms with E-state index < -0.39 is 7.26 Å². The third-order valence-electron chi connectivity index (χ3n) is 4.66. The Bertz CT molecular complexity index is 378. The molecule has 0 radical (unpaired) electrons. The van der Waals surface area contributed by atoms with Crippen LogP contribution in [-0.2, 0) is 4.79 Å². The highest BCUT2D eigenvalue weighted by molar-refractivity contribution is 7.83. The van der Waals surface area contributed by atoms with Gasteiger partial charge in [-0.25, -0.2) is 0 Å². The van der Waals surface area contributed by atoms with Crippen LogP contribution >= 0.6 is 19.9 Å². The summed E-state index contributed by atoms with van der Waals surface area (Å²) in [5.74, 6) is -0.0496. The summed E-state index contributed by atoms with van der Waals surface area (Å²) in [4.78, 5) is 11.7. The molecule has 0 heterocycles. The van der Waals surface area contributed by atoms with E-state index in [4.69, 9.17) is 12.6 Å². The lowest BCUT2D eigenvalue weighted by atomic mass is 9.83. The molecule has 0 aliphatic heterocycles. The SMILES string of the molecule is C=C(C)C(=O)NCC(C)(C)CC(C)(S)C[P+](CC)(CC)CC. The number of carbonyl (C=O) groups is 1. The minimum Gasteiger partial charge on any atom is -0.352 e. The first kappa shape index (κ1) is 22.0. The molecule has 1 atom stereocenters. The number of carbonyl (C=O) groups excluding carboxylic acids is 1. The van der Waals surface area contributed by atoms with Gasteiger partial charge in [0.25, 0.3) is 0 Å². The summed E-state index contributed by atoms with van der Waals surface area (Å²) >= 11 is 5.02.